The summed E-state index contributed by atoms with van der Waals surface area (Å²) in [7, 11) is 1.52. The van der Waals surface area contributed by atoms with Crippen LogP contribution in [0.5, 0.6) is 11.5 Å². The number of amides is 1. The molecule has 3 aromatic carbocycles. The van der Waals surface area contributed by atoms with Crippen LogP contribution in [0.1, 0.15) is 44.7 Å². The quantitative estimate of drug-likeness (QED) is 0.240. The van der Waals surface area contributed by atoms with E-state index in [4.69, 9.17) is 19.9 Å². The first kappa shape index (κ1) is 28.7. The predicted molar refractivity (Wildman–Crippen MR) is 155 cm³/mol. The molecule has 1 aliphatic heterocycles. The van der Waals surface area contributed by atoms with Crippen molar-refractivity contribution in [3.05, 3.63) is 107 Å². The highest BCUT2D eigenvalue weighted by Crippen LogP contribution is 2.49. The van der Waals surface area contributed by atoms with Gasteiger partial charge in [0.1, 0.15) is 23.2 Å². The van der Waals surface area contributed by atoms with Crippen LogP contribution < -0.4 is 15.2 Å². The maximum Gasteiger partial charge on any atom is 0.335 e. The first-order valence-electron chi connectivity index (χ1n) is 13.5. The van der Waals surface area contributed by atoms with Gasteiger partial charge in [-0.05, 0) is 54.1 Å². The van der Waals surface area contributed by atoms with E-state index in [1.807, 2.05) is 0 Å². The van der Waals surface area contributed by atoms with Crippen molar-refractivity contribution in [1.82, 2.24) is 14.5 Å². The molecule has 1 amide bonds. The second kappa shape index (κ2) is 11.0. The molecule has 224 valence electrons. The SMILES string of the molecule is COCCn1c(Cc2c(F)cc(-c3cccc4c3OC(C)(c3ccc(C(N)=O)cn3)O4)cc2F)nc2ccc(C(=O)O)cc21. The van der Waals surface area contributed by atoms with Gasteiger partial charge in [0, 0.05) is 44.3 Å². The lowest BCUT2D eigenvalue weighted by molar-refractivity contribution is -0.0715. The molecule has 0 saturated carbocycles. The number of carboxylic acid groups (broad SMARTS) is 1. The summed E-state index contributed by atoms with van der Waals surface area (Å²) in [5.74, 6) is -3.69. The van der Waals surface area contributed by atoms with Crippen molar-refractivity contribution in [3.63, 3.8) is 0 Å². The van der Waals surface area contributed by atoms with E-state index >= 15 is 8.78 Å². The van der Waals surface area contributed by atoms with Crippen molar-refractivity contribution in [2.75, 3.05) is 13.7 Å². The fourth-order valence-corrected chi connectivity index (χ4v) is 5.23. The van der Waals surface area contributed by atoms with E-state index in [0.29, 0.717) is 40.4 Å². The third-order valence-corrected chi connectivity index (χ3v) is 7.47. The van der Waals surface area contributed by atoms with E-state index in [1.54, 1.807) is 41.8 Å². The minimum absolute atomic E-state index is 0.0699. The number of aromatic carboxylic acids is 1. The van der Waals surface area contributed by atoms with Gasteiger partial charge in [0.25, 0.3) is 5.79 Å². The molecule has 1 aliphatic rings. The number of methoxy groups -OCH3 is 1. The van der Waals surface area contributed by atoms with Crippen molar-refractivity contribution in [3.8, 4) is 22.6 Å². The van der Waals surface area contributed by atoms with Crippen LogP contribution in [0, 0.1) is 11.6 Å². The molecule has 1 unspecified atom stereocenters. The summed E-state index contributed by atoms with van der Waals surface area (Å²) in [4.78, 5) is 31.8. The summed E-state index contributed by atoms with van der Waals surface area (Å²) < 4.78 is 50.5. The molecule has 10 nitrogen and oxygen atoms in total. The van der Waals surface area contributed by atoms with Crippen LogP contribution in [0.15, 0.2) is 66.9 Å². The summed E-state index contributed by atoms with van der Waals surface area (Å²) in [5.41, 5.74) is 7.41. The van der Waals surface area contributed by atoms with Gasteiger partial charge in [-0.2, -0.15) is 0 Å². The molecule has 44 heavy (non-hydrogen) atoms. The van der Waals surface area contributed by atoms with E-state index in [9.17, 15) is 14.7 Å². The average molecular weight is 601 g/mol. The Morgan fingerprint density at radius 2 is 1.80 bits per heavy atom. The highest BCUT2D eigenvalue weighted by molar-refractivity contribution is 5.93. The lowest BCUT2D eigenvalue weighted by atomic mass is 10.00. The third-order valence-electron chi connectivity index (χ3n) is 7.47. The van der Waals surface area contributed by atoms with Crippen molar-refractivity contribution in [1.29, 1.82) is 0 Å². The molecule has 3 N–H and O–H groups in total. The molecule has 0 spiro atoms. The van der Waals surface area contributed by atoms with Crippen LogP contribution >= 0.6 is 0 Å². The molecular formula is C32H26F2N4O6. The molecule has 0 saturated heterocycles. The Bertz CT molecular complexity index is 1920. The zero-order valence-corrected chi connectivity index (χ0v) is 23.6. The smallest absolute Gasteiger partial charge is 0.335 e. The molecule has 3 heterocycles. The number of para-hydroxylation sites is 1. The molecule has 0 bridgehead atoms. The number of halogens is 2. The maximum atomic E-state index is 15.7. The molecule has 0 aliphatic carbocycles. The molecule has 2 aromatic heterocycles. The highest BCUT2D eigenvalue weighted by atomic mass is 19.1. The number of fused-ring (bicyclic) bond motifs is 2. The third kappa shape index (κ3) is 5.09. The Morgan fingerprint density at radius 1 is 1.05 bits per heavy atom. The number of ether oxygens (including phenoxy) is 3. The van der Waals surface area contributed by atoms with Crippen LogP contribution in [0.3, 0.4) is 0 Å². The van der Waals surface area contributed by atoms with Crippen molar-refractivity contribution >= 4 is 22.9 Å². The lowest BCUT2D eigenvalue weighted by Crippen LogP contribution is -2.32. The van der Waals surface area contributed by atoms with Gasteiger partial charge in [-0.15, -0.1) is 0 Å². The Balaban J connectivity index is 1.33. The zero-order chi connectivity index (χ0) is 31.2. The van der Waals surface area contributed by atoms with Gasteiger partial charge in [0.15, 0.2) is 11.5 Å². The number of rotatable bonds is 9. The lowest BCUT2D eigenvalue weighted by Gasteiger charge is -2.22. The summed E-state index contributed by atoms with van der Waals surface area (Å²) >= 11 is 0. The van der Waals surface area contributed by atoms with E-state index in [-0.39, 0.29) is 41.0 Å². The van der Waals surface area contributed by atoms with Crippen LogP contribution in [0.2, 0.25) is 0 Å². The first-order valence-corrected chi connectivity index (χ1v) is 13.5. The van der Waals surface area contributed by atoms with Crippen molar-refractivity contribution in [2.24, 2.45) is 5.73 Å². The first-order chi connectivity index (χ1) is 21.1. The monoisotopic (exact) mass is 600 g/mol. The number of pyridine rings is 1. The number of primary amides is 1. The molecule has 12 heteroatoms. The van der Waals surface area contributed by atoms with E-state index in [1.165, 1.54) is 43.6 Å². The molecule has 5 aromatic rings. The number of aromatic nitrogens is 3. The standard InChI is InChI=1S/C32H26F2N4O6/c1-32(27-9-7-18(16-36-27)30(35)39)43-26-5-3-4-20(29(26)44-32)19-12-22(33)21(23(34)13-19)15-28-37-24-8-6-17(31(40)41)14-25(24)38(28)10-11-42-2/h3-9,12-14,16H,10-11,15H2,1-2H3,(H2,35,39)(H,40,41). The van der Waals surface area contributed by atoms with Gasteiger partial charge in [-0.1, -0.05) is 12.1 Å². The number of nitrogens with zero attached hydrogens (tertiary/aromatic N) is 3. The Kier molecular flexibility index (Phi) is 7.22. The number of carbonyl (C=O) groups excluding carboxylic acids is 1. The number of imidazole rings is 1. The predicted octanol–water partition coefficient (Wildman–Crippen LogP) is 5.05. The number of carbonyl (C=O) groups is 2. The van der Waals surface area contributed by atoms with Crippen molar-refractivity contribution in [2.45, 2.75) is 25.7 Å². The fourth-order valence-electron chi connectivity index (χ4n) is 5.23. The summed E-state index contributed by atoms with van der Waals surface area (Å²) in [5, 5.41) is 9.43. The second-order valence-electron chi connectivity index (χ2n) is 10.4. The Morgan fingerprint density at radius 3 is 2.45 bits per heavy atom. The number of nitrogens with two attached hydrogens (primary N) is 1. The van der Waals surface area contributed by atoms with E-state index in [0.717, 1.165) is 0 Å². The largest absolute Gasteiger partial charge is 0.478 e. The van der Waals surface area contributed by atoms with Crippen LogP contribution in [0.25, 0.3) is 22.2 Å². The summed E-state index contributed by atoms with van der Waals surface area (Å²) in [6, 6.07) is 15.0. The van der Waals surface area contributed by atoms with Gasteiger partial charge in [-0.3, -0.25) is 9.78 Å². The zero-order valence-electron chi connectivity index (χ0n) is 23.6. The van der Waals surface area contributed by atoms with Crippen LogP contribution in [0.4, 0.5) is 8.78 Å². The molecule has 1 atom stereocenters. The minimum atomic E-state index is -1.37. The Hall–Kier alpha value is -5.36. The molecule has 0 radical (unpaired) electrons. The average Bonchev–Trinajstić information content (AvgIpc) is 3.54. The van der Waals surface area contributed by atoms with Gasteiger partial charge in [0.05, 0.1) is 28.8 Å². The van der Waals surface area contributed by atoms with Gasteiger partial charge >= 0.3 is 5.97 Å². The molecule has 0 fully saturated rings. The van der Waals surface area contributed by atoms with Crippen LogP contribution in [-0.4, -0.2) is 45.2 Å². The van der Waals surface area contributed by atoms with E-state index in [2.05, 4.69) is 9.97 Å². The van der Waals surface area contributed by atoms with Gasteiger partial charge < -0.3 is 29.6 Å². The van der Waals surface area contributed by atoms with Crippen LogP contribution in [-0.2, 0) is 23.5 Å². The number of benzene rings is 3. The number of hydrogen-bond acceptors (Lipinski definition) is 7. The van der Waals surface area contributed by atoms with E-state index < -0.39 is 29.3 Å². The minimum Gasteiger partial charge on any atom is -0.478 e. The normalized spacial score (nSPS) is 15.5. The highest BCUT2D eigenvalue weighted by Gasteiger charge is 2.41. The summed E-state index contributed by atoms with van der Waals surface area (Å²) in [6.07, 6.45) is 1.13. The fraction of sp³-hybridized carbons (Fsp3) is 0.188. The Labute approximate surface area is 249 Å². The maximum absolute atomic E-state index is 15.7. The van der Waals surface area contributed by atoms with Crippen molar-refractivity contribution < 1.29 is 37.7 Å². The van der Waals surface area contributed by atoms with Gasteiger partial charge in [-0.25, -0.2) is 18.6 Å². The topological polar surface area (TPSA) is 139 Å². The number of hydrogen-bond donors (Lipinski definition) is 2. The summed E-state index contributed by atoms with van der Waals surface area (Å²) in [6.45, 7) is 2.23. The number of carboxylic acids is 1. The molecular weight excluding hydrogens is 574 g/mol. The second-order valence-corrected chi connectivity index (χ2v) is 10.4. The van der Waals surface area contributed by atoms with Gasteiger partial charge in [0.2, 0.25) is 5.91 Å². The molecule has 6 rings (SSSR count).